The number of rotatable bonds is 9. The molecule has 1 fully saturated rings. The van der Waals surface area contributed by atoms with Crippen molar-refractivity contribution < 1.29 is 14.0 Å². The molecule has 1 saturated heterocycles. The number of carbonyl (C=O) groups is 2. The number of benzene rings is 2. The zero-order chi connectivity index (χ0) is 29.7. The molecule has 3 heterocycles. The largest absolute Gasteiger partial charge is 0.469 e. The van der Waals surface area contributed by atoms with Crippen LogP contribution in [0.15, 0.2) is 77.4 Å². The second-order valence-electron chi connectivity index (χ2n) is 12.2. The number of nitrogens with zero attached hydrogens (tertiary/aromatic N) is 2. The van der Waals surface area contributed by atoms with Crippen molar-refractivity contribution in [3.05, 3.63) is 95.6 Å². The van der Waals surface area contributed by atoms with Crippen LogP contribution in [0.2, 0.25) is 0 Å². The number of piperidine rings is 1. The normalized spacial score (nSPS) is 14.9. The van der Waals surface area contributed by atoms with Crippen LogP contribution < -0.4 is 16.0 Å². The van der Waals surface area contributed by atoms with Crippen LogP contribution in [0.5, 0.6) is 0 Å². The highest BCUT2D eigenvalue weighted by Crippen LogP contribution is 2.34. The zero-order valence-corrected chi connectivity index (χ0v) is 24.9. The minimum absolute atomic E-state index is 0.176. The number of ketones is 1. The summed E-state index contributed by atoms with van der Waals surface area (Å²) in [7, 11) is 0. The number of nitrogens with one attached hydrogen (secondary N) is 3. The van der Waals surface area contributed by atoms with Gasteiger partial charge < -0.3 is 15.1 Å². The van der Waals surface area contributed by atoms with E-state index in [1.54, 1.807) is 10.9 Å². The Kier molecular flexibility index (Phi) is 8.92. The first-order valence-corrected chi connectivity index (χ1v) is 14.8. The molecule has 2 amide bonds. The minimum atomic E-state index is -0.360. The van der Waals surface area contributed by atoms with Gasteiger partial charge in [-0.1, -0.05) is 50.6 Å². The molecule has 8 heteroatoms. The first-order chi connectivity index (χ1) is 20.2. The predicted octanol–water partition coefficient (Wildman–Crippen LogP) is 7.00. The number of Topliss-reactive ketones (excluding diaryl/α,β-unsaturated/α-hetero) is 1. The maximum Gasteiger partial charge on any atom is 0.324 e. The third-order valence-electron chi connectivity index (χ3n) is 7.93. The minimum Gasteiger partial charge on any atom is -0.469 e. The van der Waals surface area contributed by atoms with Crippen molar-refractivity contribution in [2.75, 3.05) is 23.7 Å². The van der Waals surface area contributed by atoms with E-state index in [2.05, 4.69) is 36.7 Å². The number of anilines is 2. The molecular formula is C34H41N5O3. The van der Waals surface area contributed by atoms with Gasteiger partial charge in [-0.3, -0.25) is 10.1 Å². The van der Waals surface area contributed by atoms with Crippen molar-refractivity contribution in [1.29, 1.82) is 0 Å². The molecule has 5 rings (SSSR count). The summed E-state index contributed by atoms with van der Waals surface area (Å²) in [6, 6.07) is 21.1. The molecule has 4 aromatic rings. The molecule has 0 aliphatic carbocycles. The fourth-order valence-corrected chi connectivity index (χ4v) is 5.53. The smallest absolute Gasteiger partial charge is 0.324 e. The summed E-state index contributed by atoms with van der Waals surface area (Å²) in [5.74, 6) is 1.76. The van der Waals surface area contributed by atoms with Gasteiger partial charge in [0, 0.05) is 35.9 Å². The Morgan fingerprint density at radius 1 is 1.02 bits per heavy atom. The van der Waals surface area contributed by atoms with Crippen molar-refractivity contribution >= 4 is 23.3 Å². The fraction of sp³-hybridized carbons (Fsp3) is 0.382. The third-order valence-corrected chi connectivity index (χ3v) is 7.93. The van der Waals surface area contributed by atoms with E-state index in [-0.39, 0.29) is 29.1 Å². The van der Waals surface area contributed by atoms with Crippen LogP contribution in [-0.2, 0) is 16.6 Å². The fourth-order valence-electron chi connectivity index (χ4n) is 5.53. The number of hydrogen-bond acceptors (Lipinski definition) is 5. The molecule has 3 N–H and O–H groups in total. The number of aromatic nitrogens is 2. The maximum atomic E-state index is 13.5. The highest BCUT2D eigenvalue weighted by molar-refractivity contribution is 5.99. The van der Waals surface area contributed by atoms with Crippen LogP contribution in [0, 0.1) is 12.8 Å². The Balaban J connectivity index is 1.30. The predicted molar refractivity (Wildman–Crippen MR) is 166 cm³/mol. The Bertz CT molecular complexity index is 1480. The van der Waals surface area contributed by atoms with Crippen LogP contribution in [0.3, 0.4) is 0 Å². The van der Waals surface area contributed by atoms with E-state index in [0.717, 1.165) is 54.2 Å². The molecule has 220 valence electrons. The van der Waals surface area contributed by atoms with Gasteiger partial charge in [-0.05, 0) is 80.7 Å². The first kappa shape index (κ1) is 29.3. The lowest BCUT2D eigenvalue weighted by Crippen LogP contribution is -2.33. The van der Waals surface area contributed by atoms with Crippen LogP contribution in [0.1, 0.15) is 68.5 Å². The van der Waals surface area contributed by atoms with Gasteiger partial charge in [0.05, 0.1) is 17.6 Å². The molecule has 0 spiro atoms. The number of amides is 2. The van der Waals surface area contributed by atoms with E-state index in [4.69, 9.17) is 9.52 Å². The molecule has 1 aliphatic heterocycles. The molecule has 0 bridgehead atoms. The van der Waals surface area contributed by atoms with Crippen LogP contribution >= 0.6 is 0 Å². The van der Waals surface area contributed by atoms with Crippen molar-refractivity contribution in [2.45, 2.75) is 64.7 Å². The molecule has 8 nitrogen and oxygen atoms in total. The van der Waals surface area contributed by atoms with Crippen LogP contribution in [-0.4, -0.2) is 34.7 Å². The molecular weight excluding hydrogens is 526 g/mol. The Labute approximate surface area is 247 Å². The molecule has 1 atom stereocenters. The number of hydrogen-bond donors (Lipinski definition) is 3. The summed E-state index contributed by atoms with van der Waals surface area (Å²) in [5.41, 5.74) is 4.36. The lowest BCUT2D eigenvalue weighted by Gasteiger charge is -2.30. The molecule has 2 aromatic carbocycles. The van der Waals surface area contributed by atoms with E-state index < -0.39 is 0 Å². The Morgan fingerprint density at radius 2 is 1.74 bits per heavy atom. The number of urea groups is 1. The van der Waals surface area contributed by atoms with Gasteiger partial charge >= 0.3 is 6.03 Å². The SMILES string of the molecule is Cc1ccc(-n2nc(C(C)(C)C)cc2NC(=O)Nc2ccc(C(C(=O)CCc3ccco3)C3CCNCC3)cc2)cc1. The average Bonchev–Trinajstić information content (AvgIpc) is 3.64. The summed E-state index contributed by atoms with van der Waals surface area (Å²) in [6.07, 6.45) is 4.61. The number of carbonyl (C=O) groups excluding carboxylic acids is 2. The summed E-state index contributed by atoms with van der Waals surface area (Å²) in [5, 5.41) is 14.1. The highest BCUT2D eigenvalue weighted by atomic mass is 16.3. The summed E-state index contributed by atoms with van der Waals surface area (Å²) in [4.78, 5) is 26.6. The molecule has 1 unspecified atom stereocenters. The number of furan rings is 1. The molecule has 1 aliphatic rings. The van der Waals surface area contributed by atoms with Gasteiger partial charge in [-0.2, -0.15) is 5.10 Å². The van der Waals surface area contributed by atoms with Crippen molar-refractivity contribution in [3.8, 4) is 5.69 Å². The lowest BCUT2D eigenvalue weighted by atomic mass is 9.77. The van der Waals surface area contributed by atoms with Crippen molar-refractivity contribution in [2.24, 2.45) is 5.92 Å². The molecule has 42 heavy (non-hydrogen) atoms. The van der Waals surface area contributed by atoms with E-state index in [1.165, 1.54) is 0 Å². The Hall–Kier alpha value is -4.17. The van der Waals surface area contributed by atoms with E-state index >= 15 is 0 Å². The summed E-state index contributed by atoms with van der Waals surface area (Å²) in [6.45, 7) is 10.2. The average molecular weight is 568 g/mol. The van der Waals surface area contributed by atoms with Crippen molar-refractivity contribution in [1.82, 2.24) is 15.1 Å². The monoisotopic (exact) mass is 567 g/mol. The molecule has 2 aromatic heterocycles. The second-order valence-corrected chi connectivity index (χ2v) is 12.2. The van der Waals surface area contributed by atoms with E-state index in [9.17, 15) is 9.59 Å². The standard InChI is InChI=1S/C34H41N5O3/c1-23-7-13-27(14-8-23)39-31(22-30(38-39)34(2,3)4)37-33(41)36-26-11-9-24(10-12-26)32(25-17-19-35-20-18-25)29(40)16-15-28-6-5-21-42-28/h5-14,21-22,25,32,35H,15-20H2,1-4H3,(H2,36,37,41). The quantitative estimate of drug-likeness (QED) is 0.202. The van der Waals surface area contributed by atoms with Crippen LogP contribution in [0.25, 0.3) is 5.69 Å². The third kappa shape index (κ3) is 7.18. The number of aryl methyl sites for hydroxylation is 2. The summed E-state index contributed by atoms with van der Waals surface area (Å²) >= 11 is 0. The first-order valence-electron chi connectivity index (χ1n) is 14.8. The van der Waals surface area contributed by atoms with Gasteiger partial charge in [0.15, 0.2) is 0 Å². The van der Waals surface area contributed by atoms with Crippen molar-refractivity contribution in [3.63, 3.8) is 0 Å². The molecule has 0 radical (unpaired) electrons. The van der Waals surface area contributed by atoms with Crippen LogP contribution in [0.4, 0.5) is 16.3 Å². The highest BCUT2D eigenvalue weighted by Gasteiger charge is 2.30. The maximum absolute atomic E-state index is 13.5. The van der Waals surface area contributed by atoms with E-state index in [1.807, 2.05) is 73.7 Å². The van der Waals surface area contributed by atoms with E-state index in [0.29, 0.717) is 24.3 Å². The van der Waals surface area contributed by atoms with Gasteiger partial charge in [0.1, 0.15) is 17.4 Å². The summed E-state index contributed by atoms with van der Waals surface area (Å²) < 4.78 is 7.22. The topological polar surface area (TPSA) is 101 Å². The van der Waals surface area contributed by atoms with Gasteiger partial charge in [0.2, 0.25) is 0 Å². The van der Waals surface area contributed by atoms with Gasteiger partial charge in [-0.25, -0.2) is 9.48 Å². The van der Waals surface area contributed by atoms with Gasteiger partial charge in [0.25, 0.3) is 0 Å². The second kappa shape index (κ2) is 12.8. The zero-order valence-electron chi connectivity index (χ0n) is 24.9. The lowest BCUT2D eigenvalue weighted by molar-refractivity contribution is -0.122. The Morgan fingerprint density at radius 3 is 2.38 bits per heavy atom. The van der Waals surface area contributed by atoms with Gasteiger partial charge in [-0.15, -0.1) is 0 Å². The molecule has 0 saturated carbocycles.